The first-order valence-electron chi connectivity index (χ1n) is 5.25. The lowest BCUT2D eigenvalue weighted by molar-refractivity contribution is -0.134. The monoisotopic (exact) mass is 225 g/mol. The summed E-state index contributed by atoms with van der Waals surface area (Å²) in [6.45, 7) is 5.95. The van der Waals surface area contributed by atoms with Crippen molar-refractivity contribution >= 4 is 5.78 Å². The smallest absolute Gasteiger partial charge is 0.168 e. The first-order chi connectivity index (χ1) is 7.34. The molecule has 90 valence electrons. The highest BCUT2D eigenvalue weighted by Gasteiger charge is 2.31. The van der Waals surface area contributed by atoms with E-state index in [1.54, 1.807) is 25.0 Å². The van der Waals surface area contributed by atoms with Gasteiger partial charge in [0.1, 0.15) is 6.10 Å². The van der Waals surface area contributed by atoms with Crippen LogP contribution in [0.1, 0.15) is 26.5 Å². The predicted octanol–water partition coefficient (Wildman–Crippen LogP) is 0.988. The van der Waals surface area contributed by atoms with Crippen molar-refractivity contribution in [3.05, 3.63) is 11.9 Å². The number of methoxy groups -OCH3 is 1. The van der Waals surface area contributed by atoms with E-state index in [1.807, 2.05) is 20.8 Å². The third-order valence-corrected chi connectivity index (χ3v) is 2.32. The SMILES string of the molecule is COC(C(=O)Cc1cn(C)nn1)C(C)(C)C. The summed E-state index contributed by atoms with van der Waals surface area (Å²) in [4.78, 5) is 12.0. The number of hydrogen-bond donors (Lipinski definition) is 0. The molecule has 1 aromatic heterocycles. The van der Waals surface area contributed by atoms with Crippen molar-refractivity contribution in [3.8, 4) is 0 Å². The van der Waals surface area contributed by atoms with Crippen LogP contribution in [0, 0.1) is 5.41 Å². The summed E-state index contributed by atoms with van der Waals surface area (Å²) < 4.78 is 6.84. The fourth-order valence-electron chi connectivity index (χ4n) is 1.72. The molecule has 0 aliphatic carbocycles. The molecule has 5 nitrogen and oxygen atoms in total. The summed E-state index contributed by atoms with van der Waals surface area (Å²) in [7, 11) is 3.34. The molecule has 1 aromatic rings. The van der Waals surface area contributed by atoms with Gasteiger partial charge in [-0.15, -0.1) is 5.10 Å². The lowest BCUT2D eigenvalue weighted by Crippen LogP contribution is -2.37. The van der Waals surface area contributed by atoms with E-state index < -0.39 is 6.10 Å². The van der Waals surface area contributed by atoms with Crippen molar-refractivity contribution < 1.29 is 9.53 Å². The van der Waals surface area contributed by atoms with Crippen LogP contribution in [-0.2, 0) is 23.0 Å². The van der Waals surface area contributed by atoms with E-state index in [4.69, 9.17) is 4.74 Å². The molecule has 0 aromatic carbocycles. The maximum atomic E-state index is 12.0. The van der Waals surface area contributed by atoms with Crippen molar-refractivity contribution in [3.63, 3.8) is 0 Å². The number of ether oxygens (including phenoxy) is 1. The van der Waals surface area contributed by atoms with Crippen LogP contribution in [-0.4, -0.2) is 34.0 Å². The molecular formula is C11H19N3O2. The maximum absolute atomic E-state index is 12.0. The number of Topliss-reactive ketones (excluding diaryl/α,β-unsaturated/α-hetero) is 1. The molecule has 1 heterocycles. The molecule has 0 aliphatic rings. The van der Waals surface area contributed by atoms with Gasteiger partial charge < -0.3 is 4.74 Å². The third-order valence-electron chi connectivity index (χ3n) is 2.32. The van der Waals surface area contributed by atoms with E-state index in [-0.39, 0.29) is 17.6 Å². The molecule has 0 saturated heterocycles. The van der Waals surface area contributed by atoms with Crippen molar-refractivity contribution in [2.45, 2.75) is 33.3 Å². The molecule has 16 heavy (non-hydrogen) atoms. The summed E-state index contributed by atoms with van der Waals surface area (Å²) in [5, 5.41) is 7.68. The minimum absolute atomic E-state index is 0.0375. The number of ketones is 1. The summed E-state index contributed by atoms with van der Waals surface area (Å²) in [6, 6.07) is 0. The Balaban J connectivity index is 2.71. The number of aryl methyl sites for hydroxylation is 1. The Morgan fingerprint density at radius 1 is 1.56 bits per heavy atom. The zero-order chi connectivity index (χ0) is 12.3. The lowest BCUT2D eigenvalue weighted by atomic mass is 9.85. The lowest BCUT2D eigenvalue weighted by Gasteiger charge is -2.27. The van der Waals surface area contributed by atoms with Crippen LogP contribution in [0.15, 0.2) is 6.20 Å². The fraction of sp³-hybridized carbons (Fsp3) is 0.727. The van der Waals surface area contributed by atoms with Gasteiger partial charge in [-0.2, -0.15) is 0 Å². The van der Waals surface area contributed by atoms with E-state index in [0.717, 1.165) is 0 Å². The molecule has 0 N–H and O–H groups in total. The maximum Gasteiger partial charge on any atom is 0.168 e. The highest BCUT2D eigenvalue weighted by Crippen LogP contribution is 2.23. The Hall–Kier alpha value is -1.23. The van der Waals surface area contributed by atoms with Gasteiger partial charge in [0.05, 0.1) is 12.1 Å². The minimum Gasteiger partial charge on any atom is -0.373 e. The van der Waals surface area contributed by atoms with Crippen LogP contribution in [0.5, 0.6) is 0 Å². The molecule has 0 aliphatic heterocycles. The predicted molar refractivity (Wildman–Crippen MR) is 60.0 cm³/mol. The van der Waals surface area contributed by atoms with Gasteiger partial charge in [-0.1, -0.05) is 26.0 Å². The standard InChI is InChI=1S/C11H19N3O2/c1-11(2,3)10(16-5)9(15)6-8-7-14(4)13-12-8/h7,10H,6H2,1-5H3. The van der Waals surface area contributed by atoms with Crippen LogP contribution < -0.4 is 0 Å². The molecule has 0 saturated carbocycles. The molecule has 0 fully saturated rings. The highest BCUT2D eigenvalue weighted by atomic mass is 16.5. The van der Waals surface area contributed by atoms with Gasteiger partial charge in [-0.3, -0.25) is 9.48 Å². The van der Waals surface area contributed by atoms with Crippen LogP contribution in [0.25, 0.3) is 0 Å². The van der Waals surface area contributed by atoms with Crippen LogP contribution >= 0.6 is 0 Å². The molecule has 0 radical (unpaired) electrons. The quantitative estimate of drug-likeness (QED) is 0.766. The average Bonchev–Trinajstić information content (AvgIpc) is 2.49. The van der Waals surface area contributed by atoms with E-state index in [9.17, 15) is 4.79 Å². The highest BCUT2D eigenvalue weighted by molar-refractivity contribution is 5.85. The normalized spacial score (nSPS) is 13.8. The first kappa shape index (κ1) is 12.8. The van der Waals surface area contributed by atoms with Gasteiger partial charge in [0.25, 0.3) is 0 Å². The number of carbonyl (C=O) groups is 1. The second-order valence-electron chi connectivity index (χ2n) is 5.01. The van der Waals surface area contributed by atoms with Gasteiger partial charge in [0, 0.05) is 20.4 Å². The van der Waals surface area contributed by atoms with Crippen LogP contribution in [0.4, 0.5) is 0 Å². The average molecular weight is 225 g/mol. The minimum atomic E-state index is -0.408. The Kier molecular flexibility index (Phi) is 3.80. The van der Waals surface area contributed by atoms with Crippen molar-refractivity contribution in [2.75, 3.05) is 7.11 Å². The van der Waals surface area contributed by atoms with Crippen molar-refractivity contribution in [1.29, 1.82) is 0 Å². The van der Waals surface area contributed by atoms with E-state index in [2.05, 4.69) is 10.3 Å². The summed E-state index contributed by atoms with van der Waals surface area (Å²) in [5.74, 6) is 0.0375. The molecule has 1 unspecified atom stereocenters. The van der Waals surface area contributed by atoms with Gasteiger partial charge in [-0.25, -0.2) is 0 Å². The van der Waals surface area contributed by atoms with Gasteiger partial charge in [-0.05, 0) is 5.41 Å². The third kappa shape index (κ3) is 3.13. The molecule has 0 spiro atoms. The molecule has 5 heteroatoms. The number of aromatic nitrogens is 3. The topological polar surface area (TPSA) is 57.0 Å². The molecule has 1 atom stereocenters. The van der Waals surface area contributed by atoms with Gasteiger partial charge in [0.15, 0.2) is 5.78 Å². The molecule has 0 bridgehead atoms. The molecular weight excluding hydrogens is 206 g/mol. The zero-order valence-electron chi connectivity index (χ0n) is 10.5. The fourth-order valence-corrected chi connectivity index (χ4v) is 1.72. The van der Waals surface area contributed by atoms with E-state index in [0.29, 0.717) is 5.69 Å². The Morgan fingerprint density at radius 3 is 2.56 bits per heavy atom. The van der Waals surface area contributed by atoms with E-state index >= 15 is 0 Å². The van der Waals surface area contributed by atoms with Gasteiger partial charge >= 0.3 is 0 Å². The summed E-state index contributed by atoms with van der Waals surface area (Å²) >= 11 is 0. The second-order valence-corrected chi connectivity index (χ2v) is 5.01. The summed E-state index contributed by atoms with van der Waals surface area (Å²) in [6.07, 6.45) is 1.60. The first-order valence-corrected chi connectivity index (χ1v) is 5.25. The Morgan fingerprint density at radius 2 is 2.19 bits per heavy atom. The number of hydrogen-bond acceptors (Lipinski definition) is 4. The number of nitrogens with zero attached hydrogens (tertiary/aromatic N) is 3. The second kappa shape index (κ2) is 4.74. The summed E-state index contributed by atoms with van der Waals surface area (Å²) in [5.41, 5.74) is 0.479. The molecule has 0 amide bonds. The molecule has 1 rings (SSSR count). The largest absolute Gasteiger partial charge is 0.373 e. The number of rotatable bonds is 4. The Bertz CT molecular complexity index is 366. The van der Waals surface area contributed by atoms with Crippen molar-refractivity contribution in [1.82, 2.24) is 15.0 Å². The number of carbonyl (C=O) groups excluding carboxylic acids is 1. The Labute approximate surface area is 95.8 Å². The van der Waals surface area contributed by atoms with Crippen LogP contribution in [0.3, 0.4) is 0 Å². The zero-order valence-corrected chi connectivity index (χ0v) is 10.5. The van der Waals surface area contributed by atoms with E-state index in [1.165, 1.54) is 0 Å². The van der Waals surface area contributed by atoms with Crippen LogP contribution in [0.2, 0.25) is 0 Å². The van der Waals surface area contributed by atoms with Crippen molar-refractivity contribution in [2.24, 2.45) is 12.5 Å². The van der Waals surface area contributed by atoms with Gasteiger partial charge in [0.2, 0.25) is 0 Å².